The summed E-state index contributed by atoms with van der Waals surface area (Å²) in [6, 6.07) is 10.6. The van der Waals surface area contributed by atoms with Gasteiger partial charge >= 0.3 is 0 Å². The second-order valence-electron chi connectivity index (χ2n) is 8.39. The van der Waals surface area contributed by atoms with E-state index in [0.29, 0.717) is 6.04 Å². The molecule has 1 N–H and O–H groups in total. The topological polar surface area (TPSA) is 41.3 Å². The minimum absolute atomic E-state index is 0.110. The predicted octanol–water partition coefficient (Wildman–Crippen LogP) is 4.75. The molecule has 4 nitrogen and oxygen atoms in total. The van der Waals surface area contributed by atoms with Crippen molar-refractivity contribution in [2.45, 2.75) is 70.7 Å². The van der Waals surface area contributed by atoms with Crippen LogP contribution in [0.4, 0.5) is 0 Å². The summed E-state index contributed by atoms with van der Waals surface area (Å²) in [5, 5.41) is 3.78. The van der Waals surface area contributed by atoms with Gasteiger partial charge in [0, 0.05) is 29.9 Å². The van der Waals surface area contributed by atoms with Crippen LogP contribution in [0.3, 0.4) is 0 Å². The van der Waals surface area contributed by atoms with Crippen LogP contribution in [0.1, 0.15) is 52.0 Å². The zero-order valence-electron chi connectivity index (χ0n) is 15.6. The molecule has 136 valence electrons. The Morgan fingerprint density at radius 3 is 2.40 bits per heavy atom. The van der Waals surface area contributed by atoms with Gasteiger partial charge in [-0.1, -0.05) is 6.07 Å². The molecule has 0 amide bonds. The summed E-state index contributed by atoms with van der Waals surface area (Å²) in [6.45, 7) is 10.8. The predicted molar refractivity (Wildman–Crippen MR) is 104 cm³/mol. The second kappa shape index (κ2) is 7.22. The van der Waals surface area contributed by atoms with Crippen LogP contribution in [0, 0.1) is 0 Å². The number of halogens is 1. The average Bonchev–Trinajstić information content (AvgIpc) is 2.90. The zero-order valence-corrected chi connectivity index (χ0v) is 17.1. The van der Waals surface area contributed by atoms with Crippen molar-refractivity contribution in [3.63, 3.8) is 0 Å². The Balaban J connectivity index is 1.84. The molecule has 2 aromatic rings. The van der Waals surface area contributed by atoms with Gasteiger partial charge in [0.15, 0.2) is 4.67 Å². The van der Waals surface area contributed by atoms with Gasteiger partial charge in [0.1, 0.15) is 5.76 Å². The van der Waals surface area contributed by atoms with Crippen molar-refractivity contribution >= 4 is 15.9 Å². The first-order chi connectivity index (χ1) is 11.7. The van der Waals surface area contributed by atoms with E-state index in [1.165, 1.54) is 0 Å². The van der Waals surface area contributed by atoms with Gasteiger partial charge in [0.05, 0.1) is 12.2 Å². The molecule has 0 aromatic carbocycles. The van der Waals surface area contributed by atoms with Crippen molar-refractivity contribution in [3.8, 4) is 0 Å². The molecular weight excluding hydrogens is 378 g/mol. The van der Waals surface area contributed by atoms with Crippen LogP contribution in [-0.4, -0.2) is 27.0 Å². The molecule has 0 unspecified atom stereocenters. The van der Waals surface area contributed by atoms with Crippen LogP contribution in [0.2, 0.25) is 0 Å². The summed E-state index contributed by atoms with van der Waals surface area (Å²) in [5.74, 6) is 0.983. The number of hydrogen-bond donors (Lipinski definition) is 1. The molecule has 5 heteroatoms. The fourth-order valence-corrected chi connectivity index (χ4v) is 4.52. The van der Waals surface area contributed by atoms with Gasteiger partial charge in [-0.05, 0) is 80.7 Å². The van der Waals surface area contributed by atoms with Gasteiger partial charge in [0.2, 0.25) is 0 Å². The molecule has 25 heavy (non-hydrogen) atoms. The summed E-state index contributed by atoms with van der Waals surface area (Å²) >= 11 is 3.41. The molecule has 1 saturated heterocycles. The molecule has 3 heterocycles. The first kappa shape index (κ1) is 18.6. The minimum Gasteiger partial charge on any atom is -0.453 e. The largest absolute Gasteiger partial charge is 0.453 e. The Bertz CT molecular complexity index is 680. The smallest absolute Gasteiger partial charge is 0.169 e. The molecule has 0 bridgehead atoms. The Morgan fingerprint density at radius 1 is 1.12 bits per heavy atom. The quantitative estimate of drug-likeness (QED) is 0.778. The van der Waals surface area contributed by atoms with Crippen molar-refractivity contribution in [3.05, 3.63) is 52.7 Å². The Morgan fingerprint density at radius 2 is 1.84 bits per heavy atom. The molecular formula is C20H28BrN3O. The molecule has 0 aliphatic carbocycles. The zero-order chi connectivity index (χ0) is 18.1. The summed E-state index contributed by atoms with van der Waals surface area (Å²) < 4.78 is 6.57. The van der Waals surface area contributed by atoms with E-state index in [4.69, 9.17) is 4.42 Å². The fraction of sp³-hybridized carbons (Fsp3) is 0.550. The van der Waals surface area contributed by atoms with Gasteiger partial charge < -0.3 is 9.73 Å². The first-order valence-corrected chi connectivity index (χ1v) is 9.69. The van der Waals surface area contributed by atoms with Crippen molar-refractivity contribution in [1.29, 1.82) is 0 Å². The van der Waals surface area contributed by atoms with E-state index in [1.807, 2.05) is 24.4 Å². The molecule has 0 atom stereocenters. The van der Waals surface area contributed by atoms with E-state index in [9.17, 15) is 0 Å². The maximum Gasteiger partial charge on any atom is 0.169 e. The van der Waals surface area contributed by atoms with Gasteiger partial charge in [-0.3, -0.25) is 9.88 Å². The second-order valence-corrected chi connectivity index (χ2v) is 9.17. The number of piperidine rings is 1. The normalized spacial score (nSPS) is 20.1. The van der Waals surface area contributed by atoms with Gasteiger partial charge in [-0.25, -0.2) is 0 Å². The third-order valence-electron chi connectivity index (χ3n) is 4.76. The van der Waals surface area contributed by atoms with E-state index in [2.05, 4.69) is 71.0 Å². The van der Waals surface area contributed by atoms with Gasteiger partial charge in [-0.15, -0.1) is 0 Å². The molecule has 0 spiro atoms. The lowest BCUT2D eigenvalue weighted by molar-refractivity contribution is 0.0513. The van der Waals surface area contributed by atoms with Crippen LogP contribution in [0.5, 0.6) is 0 Å². The number of nitrogens with one attached hydrogen (secondary N) is 1. The number of hydrogen-bond acceptors (Lipinski definition) is 4. The van der Waals surface area contributed by atoms with Crippen LogP contribution >= 0.6 is 15.9 Å². The van der Waals surface area contributed by atoms with Crippen LogP contribution in [0.15, 0.2) is 45.6 Å². The van der Waals surface area contributed by atoms with Crippen LogP contribution in [-0.2, 0) is 13.1 Å². The Kier molecular flexibility index (Phi) is 5.37. The number of furan rings is 1. The highest BCUT2D eigenvalue weighted by Crippen LogP contribution is 2.33. The summed E-state index contributed by atoms with van der Waals surface area (Å²) in [5.41, 5.74) is 1.32. The Labute approximate surface area is 159 Å². The number of nitrogens with zero attached hydrogens (tertiary/aromatic N) is 2. The summed E-state index contributed by atoms with van der Waals surface area (Å²) in [4.78, 5) is 7.05. The molecule has 1 aliphatic heterocycles. The van der Waals surface area contributed by atoms with Crippen LogP contribution < -0.4 is 5.32 Å². The highest BCUT2D eigenvalue weighted by Gasteiger charge is 2.40. The third kappa shape index (κ3) is 5.16. The van der Waals surface area contributed by atoms with Crippen molar-refractivity contribution < 1.29 is 4.42 Å². The van der Waals surface area contributed by atoms with Crippen molar-refractivity contribution in [1.82, 2.24) is 15.2 Å². The third-order valence-corrected chi connectivity index (χ3v) is 5.19. The van der Waals surface area contributed by atoms with Crippen LogP contribution in [0.25, 0.3) is 0 Å². The van der Waals surface area contributed by atoms with E-state index >= 15 is 0 Å². The monoisotopic (exact) mass is 405 g/mol. The molecule has 2 aromatic heterocycles. The first-order valence-electron chi connectivity index (χ1n) is 8.90. The number of pyridine rings is 1. The lowest BCUT2D eigenvalue weighted by Crippen LogP contribution is -2.62. The van der Waals surface area contributed by atoms with E-state index in [1.54, 1.807) is 0 Å². The SMILES string of the molecule is CC1(C)CC(N(Cc2ccccn2)Cc2ccc(Br)o2)CC(C)(C)N1. The molecule has 3 rings (SSSR count). The summed E-state index contributed by atoms with van der Waals surface area (Å²) in [6.07, 6.45) is 4.07. The lowest BCUT2D eigenvalue weighted by atomic mass is 9.79. The molecule has 0 saturated carbocycles. The van der Waals surface area contributed by atoms with Gasteiger partial charge in [0.25, 0.3) is 0 Å². The highest BCUT2D eigenvalue weighted by molar-refractivity contribution is 9.10. The summed E-state index contributed by atoms with van der Waals surface area (Å²) in [7, 11) is 0. The number of aromatic nitrogens is 1. The number of rotatable bonds is 5. The average molecular weight is 406 g/mol. The standard InChI is InChI=1S/C20H28BrN3O/c1-19(2)11-16(12-20(3,4)23-19)24(13-15-7-5-6-10-22-15)14-17-8-9-18(21)25-17/h5-10,16,23H,11-14H2,1-4H3. The highest BCUT2D eigenvalue weighted by atomic mass is 79.9. The fourth-order valence-electron chi connectivity index (χ4n) is 4.18. The van der Waals surface area contributed by atoms with Crippen molar-refractivity contribution in [2.24, 2.45) is 0 Å². The van der Waals surface area contributed by atoms with Gasteiger partial charge in [-0.2, -0.15) is 0 Å². The lowest BCUT2D eigenvalue weighted by Gasteiger charge is -2.49. The minimum atomic E-state index is 0.110. The maximum absolute atomic E-state index is 5.79. The maximum atomic E-state index is 5.79. The van der Waals surface area contributed by atoms with Crippen molar-refractivity contribution in [2.75, 3.05) is 0 Å². The Hall–Kier alpha value is -1.17. The van der Waals surface area contributed by atoms with E-state index < -0.39 is 0 Å². The molecule has 0 radical (unpaired) electrons. The molecule has 1 aliphatic rings. The molecule has 1 fully saturated rings. The van der Waals surface area contributed by atoms with E-state index in [-0.39, 0.29) is 11.1 Å². The van der Waals surface area contributed by atoms with E-state index in [0.717, 1.165) is 42.1 Å².